The predicted octanol–water partition coefficient (Wildman–Crippen LogP) is 6.99. The molecule has 1 unspecified atom stereocenters. The molecular weight excluding hydrogens is 596 g/mol. The average Bonchev–Trinajstić information content (AvgIpc) is 3.84. The van der Waals surface area contributed by atoms with Crippen molar-refractivity contribution >= 4 is 0 Å². The number of nitrogens with zero attached hydrogens (tertiary/aromatic N) is 2. The Morgan fingerprint density at radius 3 is 1.55 bits per heavy atom. The molecule has 10 aliphatic rings. The molecule has 4 saturated carbocycles. The third kappa shape index (κ3) is 8.56. The monoisotopic (exact) mass is 638 g/mol. The van der Waals surface area contributed by atoms with Crippen molar-refractivity contribution in [1.29, 1.82) is 0 Å². The molecule has 20 radical (unpaired) electrons. The zero-order valence-electron chi connectivity index (χ0n) is 24.5. The molecule has 0 spiro atoms. The summed E-state index contributed by atoms with van der Waals surface area (Å²) < 4.78 is 0. The summed E-state index contributed by atoms with van der Waals surface area (Å²) in [5.74, 6) is 4.71. The summed E-state index contributed by atoms with van der Waals surface area (Å²) in [4.78, 5) is 5.33. The molecule has 0 aromatic heterocycles. The predicted molar refractivity (Wildman–Crippen MR) is 165 cm³/mol. The van der Waals surface area contributed by atoms with Crippen molar-refractivity contribution < 1.29 is 34.1 Å². The molecule has 10 rings (SSSR count). The van der Waals surface area contributed by atoms with Gasteiger partial charge in [0.2, 0.25) is 0 Å². The van der Waals surface area contributed by atoms with E-state index in [1.165, 1.54) is 69.4 Å². The minimum Gasteiger partial charge on any atom is -0.374 e. The van der Waals surface area contributed by atoms with Gasteiger partial charge in [-0.1, -0.05) is 17.7 Å². The van der Waals surface area contributed by atoms with Gasteiger partial charge in [0, 0.05) is 49.4 Å². The Hall–Kier alpha value is -0.141. The van der Waals surface area contributed by atoms with E-state index in [1.807, 2.05) is 64.2 Å². The molecule has 4 bridgehead atoms. The van der Waals surface area contributed by atoms with Gasteiger partial charge in [0.15, 0.2) is 0 Å². The quantitative estimate of drug-likeness (QED) is 0.307. The van der Waals surface area contributed by atoms with Gasteiger partial charge in [-0.2, -0.15) is 0 Å². The Balaban J connectivity index is 0.000000287. The van der Waals surface area contributed by atoms with Crippen molar-refractivity contribution in [2.24, 2.45) is 17.8 Å². The first kappa shape index (κ1) is 34.7. The number of hydrogen-bond acceptors (Lipinski definition) is 2. The molecule has 4 heteroatoms. The minimum absolute atomic E-state index is 0. The smallest absolute Gasteiger partial charge is 0.374 e. The van der Waals surface area contributed by atoms with Gasteiger partial charge < -0.3 is 9.80 Å². The SMILES string of the molecule is CC1=C(C(/C=C2/C(=C/[C]3[CH][CH][CH][CH]3)N3CCC2CC3)[C]2[CH][CH][CH][CH]2)N2CCC1CC2.[CH]1[CH][CH][CH][CH]1.[CH]1[CH][CH][CH][CH]1.[Fe+2].[Fe+2]. The molecule has 0 N–H and O–H groups in total. The number of allylic oxidation sites excluding steroid dienone is 4. The Morgan fingerprint density at radius 2 is 1.05 bits per heavy atom. The van der Waals surface area contributed by atoms with Crippen molar-refractivity contribution in [3.8, 4) is 0 Å². The first-order valence-electron chi connectivity index (χ1n) is 15.2. The molecule has 6 aliphatic heterocycles. The van der Waals surface area contributed by atoms with E-state index in [-0.39, 0.29) is 34.1 Å². The first-order valence-corrected chi connectivity index (χ1v) is 15.2. The summed E-state index contributed by atoms with van der Waals surface area (Å²) in [5.41, 5.74) is 6.34. The molecular formula is C38H42Fe2N2+4. The number of hydrogen-bond donors (Lipinski definition) is 0. The van der Waals surface area contributed by atoms with Crippen LogP contribution in [0.5, 0.6) is 0 Å². The van der Waals surface area contributed by atoms with E-state index in [2.05, 4.69) is 80.2 Å². The van der Waals surface area contributed by atoms with Gasteiger partial charge in [-0.15, -0.1) is 0 Å². The summed E-state index contributed by atoms with van der Waals surface area (Å²) in [7, 11) is 0. The second-order valence-corrected chi connectivity index (χ2v) is 11.6. The van der Waals surface area contributed by atoms with E-state index in [9.17, 15) is 0 Å². The van der Waals surface area contributed by atoms with E-state index < -0.39 is 0 Å². The summed E-state index contributed by atoms with van der Waals surface area (Å²) in [6, 6.07) is 0. The van der Waals surface area contributed by atoms with Gasteiger partial charge in [0.05, 0.1) is 0 Å². The summed E-state index contributed by atoms with van der Waals surface area (Å²) in [6.45, 7) is 7.32. The van der Waals surface area contributed by atoms with Crippen LogP contribution in [-0.4, -0.2) is 36.0 Å². The van der Waals surface area contributed by atoms with Crippen LogP contribution >= 0.6 is 0 Å². The van der Waals surface area contributed by atoms with Crippen molar-refractivity contribution in [2.45, 2.75) is 32.6 Å². The van der Waals surface area contributed by atoms with Crippen molar-refractivity contribution in [2.75, 3.05) is 26.2 Å². The van der Waals surface area contributed by atoms with E-state index in [0.717, 1.165) is 5.92 Å². The maximum absolute atomic E-state index is 2.70. The Morgan fingerprint density at radius 1 is 0.595 bits per heavy atom. The fourth-order valence-electron chi connectivity index (χ4n) is 7.07. The summed E-state index contributed by atoms with van der Waals surface area (Å²) in [5, 5.41) is 0. The van der Waals surface area contributed by atoms with Crippen LogP contribution in [0.2, 0.25) is 0 Å². The van der Waals surface area contributed by atoms with Gasteiger partial charge in [-0.3, -0.25) is 0 Å². The summed E-state index contributed by atoms with van der Waals surface area (Å²) >= 11 is 0. The van der Waals surface area contributed by atoms with Crippen LogP contribution in [0, 0.1) is 145 Å². The van der Waals surface area contributed by atoms with Crippen LogP contribution in [0.15, 0.2) is 34.7 Å². The second kappa shape index (κ2) is 17.5. The van der Waals surface area contributed by atoms with Crippen LogP contribution in [-0.2, 0) is 34.1 Å². The third-order valence-electron chi connectivity index (χ3n) is 9.21. The zero-order chi connectivity index (χ0) is 27.1. The Kier molecular flexibility index (Phi) is 14.5. The molecule has 42 heavy (non-hydrogen) atoms. The molecule has 1 atom stereocenters. The third-order valence-corrected chi connectivity index (χ3v) is 9.21. The van der Waals surface area contributed by atoms with Crippen LogP contribution in [0.3, 0.4) is 0 Å². The van der Waals surface area contributed by atoms with Gasteiger partial charge in [-0.05, 0) is 172 Å². The maximum atomic E-state index is 2.70. The minimum atomic E-state index is 0. The molecule has 0 aromatic rings. The zero-order valence-corrected chi connectivity index (χ0v) is 26.7. The van der Waals surface area contributed by atoms with Gasteiger partial charge in [-0.25, -0.2) is 0 Å². The van der Waals surface area contributed by atoms with E-state index >= 15 is 0 Å². The number of fused-ring (bicyclic) bond motifs is 5. The Bertz CT molecular complexity index is 861. The molecule has 216 valence electrons. The fourth-order valence-corrected chi connectivity index (χ4v) is 7.07. The average molecular weight is 638 g/mol. The van der Waals surface area contributed by atoms with Crippen LogP contribution in [0.1, 0.15) is 32.6 Å². The number of piperidine rings is 4. The van der Waals surface area contributed by atoms with Crippen LogP contribution < -0.4 is 0 Å². The standard InChI is InChI=1S/C28H32N2.2C5H5.2Fe/c1-20-22-10-16-30(17-11-22)28(20)26(23-8-4-5-9-23)19-25-24-12-14-29(15-13-24)27(25)18-21-6-2-3-7-21;2*1-2-4-5-3-1;;/h2-9,18-19,22,24,26H,10-17H2,1H3;2*1-5H;;/q;;;2*+2/b25-19+,27-18-;;;;. The first-order chi connectivity index (χ1) is 19.8. The van der Waals surface area contributed by atoms with E-state index in [1.54, 1.807) is 16.8 Å². The normalized spacial score (nSPS) is 29.0. The van der Waals surface area contributed by atoms with Gasteiger partial charge in [0.25, 0.3) is 0 Å². The van der Waals surface area contributed by atoms with Crippen molar-refractivity contribution in [3.05, 3.63) is 162 Å². The van der Waals surface area contributed by atoms with Crippen LogP contribution in [0.4, 0.5) is 0 Å². The second-order valence-electron chi connectivity index (χ2n) is 11.6. The molecule has 4 saturated heterocycles. The van der Waals surface area contributed by atoms with Gasteiger partial charge in [0.1, 0.15) is 0 Å². The van der Waals surface area contributed by atoms with E-state index in [4.69, 9.17) is 0 Å². The molecule has 2 nitrogen and oxygen atoms in total. The summed E-state index contributed by atoms with van der Waals surface area (Å²) in [6.07, 6.45) is 48.3. The van der Waals surface area contributed by atoms with Gasteiger partial charge >= 0.3 is 34.1 Å². The fraction of sp³-hybridized carbons (Fsp3) is 0.316. The largest absolute Gasteiger partial charge is 2.00 e. The maximum Gasteiger partial charge on any atom is 2.00 e. The molecule has 6 heterocycles. The van der Waals surface area contributed by atoms with Crippen molar-refractivity contribution in [1.82, 2.24) is 9.80 Å². The Labute approximate surface area is 281 Å². The van der Waals surface area contributed by atoms with Crippen molar-refractivity contribution in [3.63, 3.8) is 0 Å². The molecule has 4 aliphatic carbocycles. The molecule has 0 amide bonds. The molecule has 8 fully saturated rings. The molecule has 0 aromatic carbocycles. The van der Waals surface area contributed by atoms with Crippen LogP contribution in [0.25, 0.3) is 0 Å². The number of rotatable bonds is 4. The van der Waals surface area contributed by atoms with E-state index in [0.29, 0.717) is 11.8 Å². The topological polar surface area (TPSA) is 6.48 Å².